The second-order valence-electron chi connectivity index (χ2n) is 29.8. The minimum Gasteiger partial charge on any atom is -0.370 e. The fourth-order valence-corrected chi connectivity index (χ4v) is 16.9. The van der Waals surface area contributed by atoms with Crippen molar-refractivity contribution in [2.24, 2.45) is 81.4 Å². The van der Waals surface area contributed by atoms with Crippen molar-refractivity contribution in [1.82, 2.24) is 97.7 Å². The van der Waals surface area contributed by atoms with E-state index in [-0.39, 0.29) is 43.2 Å². The van der Waals surface area contributed by atoms with Gasteiger partial charge in [0.1, 0.15) is 37.0 Å². The van der Waals surface area contributed by atoms with E-state index in [0.717, 1.165) is 156 Å². The molecule has 1 fully saturated rings. The number of hydrogen-bond donors (Lipinski definition) is 13. The van der Waals surface area contributed by atoms with Gasteiger partial charge in [-0.15, -0.1) is 79.4 Å². The molecule has 7 aromatic heterocycles. The first-order valence-electron chi connectivity index (χ1n) is 41.5. The van der Waals surface area contributed by atoms with Crippen molar-refractivity contribution in [3.8, 4) is 0 Å². The molecule has 125 heavy (non-hydrogen) atoms. The Morgan fingerprint density at radius 3 is 1.02 bits per heavy atom. The first-order chi connectivity index (χ1) is 60.0. The largest absolute Gasteiger partial charge is 0.370 e. The van der Waals surface area contributed by atoms with Crippen LogP contribution in [0.15, 0.2) is 192 Å². The summed E-state index contributed by atoms with van der Waals surface area (Å²) in [5.41, 5.74) is 11.3. The van der Waals surface area contributed by atoms with Gasteiger partial charge < -0.3 is 72.4 Å². The van der Waals surface area contributed by atoms with Crippen LogP contribution in [0.4, 0.5) is 0 Å². The van der Waals surface area contributed by atoms with Crippen molar-refractivity contribution in [2.45, 2.75) is 137 Å². The second kappa shape index (κ2) is 52.8. The molecule has 7 atom stereocenters. The Morgan fingerprint density at radius 2 is 0.624 bits per heavy atom. The van der Waals surface area contributed by atoms with Gasteiger partial charge in [0.05, 0.1) is 6.17 Å². The van der Waals surface area contributed by atoms with Crippen LogP contribution < -0.4 is 70.0 Å². The summed E-state index contributed by atoms with van der Waals surface area (Å²) in [5.74, 6) is 10.9. The maximum atomic E-state index is 5.68. The first-order valence-corrected chi connectivity index (χ1v) is 47.7. The molecule has 0 saturated carbocycles. The van der Waals surface area contributed by atoms with Gasteiger partial charge in [-0.25, -0.2) is 44.9 Å². The molecule has 7 aromatic rings. The van der Waals surface area contributed by atoms with Crippen LogP contribution in [0.5, 0.6) is 0 Å². The lowest BCUT2D eigenvalue weighted by molar-refractivity contribution is 0.412. The van der Waals surface area contributed by atoms with Crippen molar-refractivity contribution in [2.75, 3.05) is 137 Å². The predicted molar refractivity (Wildman–Crippen MR) is 535 cm³/mol. The highest BCUT2D eigenvalue weighted by Gasteiger charge is 2.26. The van der Waals surface area contributed by atoms with Crippen molar-refractivity contribution < 1.29 is 0 Å². The standard InChI is InChI=1S/C14H23N5S.C13H21N5S.2C12H19N5S.2C11H17N5S.C10H15N5S/c1-11-15-13(17(2)3)19(5)14(16-11)18(4)9-8-12-7-6-10-20-12;1-10-14-12(17(2)3)16-13(15-10)18(4)8-7-11-6-5-9-19-11;1-9-14-11(16-12(15-9)17(2)3)13-7-6-10-5-4-8-18-10;1-9-14-11(13-2)16-12(15-9)17(3)7-6-10-5-4-8-18-10;1-8-13-10(12)15-11(14-8)16(2)6-5-9-4-3-7-17-9;1-8-14-10(12-2)16-11(15-8)13-6-5-9-4-3-7-17-9;1-7-13-9(11)15-10(14-7)12-5-4-8-3-2-6-16-8/h6-7,10-11H,8-9H2,1-5H3;5-6,9-10H,7-8H2,1-4H3,(H,14,15,16);2*4-5,8-9H,6-7H2,1-3H3,(H2,13,14,15,16);3-4,7-8H,5-6H2,1-2H3,(H3,12,13,14,15);3-4,7-8H,5-6H2,1-2H3,(H3,12,13,14,15,16);2-3,6-7H,4-5H2,1H3,(H4,11,12,13,14,15). The molecule has 0 radical (unpaired) electrons. The maximum Gasteiger partial charge on any atom is 0.205 e. The third-order valence-corrected chi connectivity index (χ3v) is 25.0. The average molecular weight is 1840 g/mol. The number of nitrogens with zero attached hydrogens (tertiary/aromatic N) is 22. The Hall–Kier alpha value is -10.9. The van der Waals surface area contributed by atoms with Gasteiger partial charge in [-0.3, -0.25) is 61.8 Å². The van der Waals surface area contributed by atoms with Gasteiger partial charge in [0.25, 0.3) is 0 Å². The van der Waals surface area contributed by atoms with Gasteiger partial charge in [-0.1, -0.05) is 42.5 Å². The summed E-state index contributed by atoms with van der Waals surface area (Å²) in [7, 11) is 25.6. The summed E-state index contributed by atoms with van der Waals surface area (Å²) in [6.45, 7) is 20.0. The minimum atomic E-state index is -0.101. The highest BCUT2D eigenvalue weighted by Crippen LogP contribution is 2.18. The monoisotopic (exact) mass is 1840 g/mol. The number of nitrogens with one attached hydrogen (secondary N) is 11. The molecule has 14 rings (SSSR count). The van der Waals surface area contributed by atoms with Crippen LogP contribution in [0.25, 0.3) is 0 Å². The zero-order chi connectivity index (χ0) is 90.2. The Morgan fingerprint density at radius 1 is 0.320 bits per heavy atom. The number of hydrogen-bond acceptors (Lipinski definition) is 33. The molecule has 7 unspecified atom stereocenters. The Balaban J connectivity index is 0.000000181. The van der Waals surface area contributed by atoms with Crippen LogP contribution >= 0.6 is 79.4 Å². The summed E-state index contributed by atoms with van der Waals surface area (Å²) < 4.78 is 0. The number of likely N-dealkylation sites (N-methyl/N-ethyl adjacent to an activating group) is 4. The van der Waals surface area contributed by atoms with E-state index in [4.69, 9.17) is 11.5 Å². The summed E-state index contributed by atoms with van der Waals surface area (Å²) in [4.78, 5) is 87.6. The molecule has 0 aliphatic carbocycles. The first kappa shape index (κ1) is 99.5. The van der Waals surface area contributed by atoms with Gasteiger partial charge in [0, 0.05) is 191 Å². The number of nitrogens with two attached hydrogens (primary N) is 2. The van der Waals surface area contributed by atoms with Crippen LogP contribution in [0.1, 0.15) is 82.6 Å². The lowest BCUT2D eigenvalue weighted by atomic mass is 10.3. The van der Waals surface area contributed by atoms with E-state index in [0.29, 0.717) is 17.9 Å². The van der Waals surface area contributed by atoms with Crippen LogP contribution in [0.3, 0.4) is 0 Å². The zero-order valence-corrected chi connectivity index (χ0v) is 81.6. The molecule has 0 aromatic carbocycles. The number of thiophene rings is 7. The highest BCUT2D eigenvalue weighted by molar-refractivity contribution is 7.11. The smallest absolute Gasteiger partial charge is 0.205 e. The van der Waals surface area contributed by atoms with Gasteiger partial charge in [-0.2, -0.15) is 0 Å². The molecule has 0 amide bonds. The van der Waals surface area contributed by atoms with E-state index in [1.807, 2.05) is 127 Å². The highest BCUT2D eigenvalue weighted by atomic mass is 32.1. The lowest BCUT2D eigenvalue weighted by Gasteiger charge is -2.35. The second-order valence-corrected chi connectivity index (χ2v) is 37.1. The number of guanidine groups is 14. The third kappa shape index (κ3) is 36.3. The van der Waals surface area contributed by atoms with Crippen molar-refractivity contribution in [1.29, 1.82) is 0 Å². The van der Waals surface area contributed by atoms with Crippen LogP contribution in [0.2, 0.25) is 0 Å². The lowest BCUT2D eigenvalue weighted by Crippen LogP contribution is -2.61. The SMILES string of the molecule is CC1N=C(N(C)C)N(C)C(N(C)CCc2cccs2)=N1.CC1N=C(N(C)C)NC(=NCCc2cccs2)N1.CC1N=C(N(C)C)NC(N(C)CCc2cccs2)=N1.CC1N=C(N)NC(=NCCc2cccs2)N1.CC1N=C(N)NC(N(C)CCc2cccs2)=N1.CN=C1NC(=NCCc2cccs2)NC(C)N1.CN=C1NC(N(C)CCc2cccs2)=NC(C)N1. The van der Waals surface area contributed by atoms with E-state index >= 15 is 0 Å². The van der Waals surface area contributed by atoms with Gasteiger partial charge in [0.2, 0.25) is 41.7 Å². The molecule has 1 saturated heterocycles. The molecular formula is C83H131N35S7. The average Bonchev–Trinajstić information content (AvgIpc) is 1.73. The molecule has 0 bridgehead atoms. The summed E-state index contributed by atoms with van der Waals surface area (Å²) in [5, 5.41) is 49.1. The van der Waals surface area contributed by atoms with Crippen molar-refractivity contribution >= 4 is 163 Å². The van der Waals surface area contributed by atoms with E-state index < -0.39 is 0 Å². The Labute approximate surface area is 767 Å². The van der Waals surface area contributed by atoms with Gasteiger partial charge >= 0.3 is 0 Å². The van der Waals surface area contributed by atoms with Gasteiger partial charge in [-0.05, 0) is 154 Å². The number of rotatable bonds is 21. The van der Waals surface area contributed by atoms with Crippen molar-refractivity contribution in [3.63, 3.8) is 0 Å². The van der Waals surface area contributed by atoms with E-state index in [9.17, 15) is 0 Å². The molecule has 0 spiro atoms. The minimum absolute atomic E-state index is 0.0123. The zero-order valence-electron chi connectivity index (χ0n) is 75.9. The summed E-state index contributed by atoms with van der Waals surface area (Å²) >= 11 is 12.5. The fourth-order valence-electron chi connectivity index (χ4n) is 12.0. The molecule has 14 heterocycles. The quantitative estimate of drug-likeness (QED) is 0.0330. The molecule has 42 heteroatoms. The van der Waals surface area contributed by atoms with Crippen LogP contribution in [-0.4, -0.2) is 303 Å². The van der Waals surface area contributed by atoms with Crippen molar-refractivity contribution in [3.05, 3.63) is 157 Å². The third-order valence-electron chi connectivity index (χ3n) is 18.4. The predicted octanol–water partition coefficient (Wildman–Crippen LogP) is 7.54. The van der Waals surface area contributed by atoms with Crippen LogP contribution in [-0.2, 0) is 44.9 Å². The molecule has 35 nitrogen and oxygen atoms in total. The molecule has 15 N–H and O–H groups in total. The molecule has 7 aliphatic heterocycles. The van der Waals surface area contributed by atoms with E-state index in [1.165, 1.54) is 34.1 Å². The normalized spacial score (nSPS) is 20.7. The topological polar surface area (TPSA) is 383 Å². The molecule has 680 valence electrons. The van der Waals surface area contributed by atoms with E-state index in [1.54, 1.807) is 93.5 Å². The fraction of sp³-hybridized carbons (Fsp3) is 0.494. The molecular weight excluding hydrogens is 1710 g/mol. The molecule has 7 aliphatic rings. The summed E-state index contributed by atoms with van der Waals surface area (Å²) in [6.07, 6.45) is 7.15. The van der Waals surface area contributed by atoms with Crippen LogP contribution in [0, 0.1) is 0 Å². The summed E-state index contributed by atoms with van der Waals surface area (Å²) in [6, 6.07) is 29.6. The Bertz CT molecular complexity index is 4710. The Kier molecular flexibility index (Phi) is 42.0. The number of aliphatic imine (C=N–C) groups is 14. The maximum absolute atomic E-state index is 5.68. The van der Waals surface area contributed by atoms with Gasteiger partial charge in [0.15, 0.2) is 41.7 Å². The van der Waals surface area contributed by atoms with E-state index in [2.05, 4.69) is 290 Å².